The molecule has 2 nitrogen and oxygen atoms in total. The average molecular weight is 268 g/mol. The van der Waals surface area contributed by atoms with E-state index in [1.165, 1.54) is 18.2 Å². The van der Waals surface area contributed by atoms with Crippen LogP contribution in [-0.4, -0.2) is 6.36 Å². The van der Waals surface area contributed by atoms with E-state index in [2.05, 4.69) is 4.74 Å². The van der Waals surface area contributed by atoms with Gasteiger partial charge in [-0.1, -0.05) is 29.8 Å². The molecule has 0 aromatic heterocycles. The van der Waals surface area contributed by atoms with Crippen LogP contribution in [0.4, 0.5) is 13.2 Å². The van der Waals surface area contributed by atoms with Crippen LogP contribution in [0.5, 0.6) is 17.2 Å². The summed E-state index contributed by atoms with van der Waals surface area (Å²) in [7, 11) is 0. The van der Waals surface area contributed by atoms with Gasteiger partial charge in [0.15, 0.2) is 11.5 Å². The maximum atomic E-state index is 12.2. The van der Waals surface area contributed by atoms with Gasteiger partial charge < -0.3 is 9.47 Å². The van der Waals surface area contributed by atoms with Crippen LogP contribution in [0.15, 0.2) is 48.5 Å². The highest BCUT2D eigenvalue weighted by Crippen LogP contribution is 2.34. The molecule has 0 aliphatic heterocycles. The Balaban J connectivity index is 2.22. The third kappa shape index (κ3) is 3.91. The summed E-state index contributed by atoms with van der Waals surface area (Å²) in [5, 5.41) is 0. The Morgan fingerprint density at radius 2 is 1.42 bits per heavy atom. The maximum absolute atomic E-state index is 12.2. The minimum atomic E-state index is -4.74. The van der Waals surface area contributed by atoms with E-state index in [0.717, 1.165) is 5.56 Å². The zero-order chi connectivity index (χ0) is 13.9. The van der Waals surface area contributed by atoms with Crippen molar-refractivity contribution in [2.75, 3.05) is 0 Å². The van der Waals surface area contributed by atoms with Crippen molar-refractivity contribution in [3.8, 4) is 17.2 Å². The van der Waals surface area contributed by atoms with E-state index in [0.29, 0.717) is 5.75 Å². The lowest BCUT2D eigenvalue weighted by Gasteiger charge is -2.13. The first-order valence-electron chi connectivity index (χ1n) is 5.53. The highest BCUT2D eigenvalue weighted by molar-refractivity contribution is 5.43. The Morgan fingerprint density at radius 1 is 0.842 bits per heavy atom. The van der Waals surface area contributed by atoms with Crippen LogP contribution in [-0.2, 0) is 0 Å². The number of benzene rings is 2. The SMILES string of the molecule is Cc1ccc(Oc2ccccc2OC(F)(F)F)cc1. The fraction of sp³-hybridized carbons (Fsp3) is 0.143. The molecule has 0 fully saturated rings. The van der Waals surface area contributed by atoms with E-state index in [9.17, 15) is 13.2 Å². The number of halogens is 3. The first kappa shape index (κ1) is 13.3. The second kappa shape index (κ2) is 5.22. The standard InChI is InChI=1S/C14H11F3O2/c1-10-6-8-11(9-7-10)18-12-4-2-3-5-13(12)19-14(15,16)17/h2-9H,1H3. The Morgan fingerprint density at radius 3 is 2.00 bits per heavy atom. The summed E-state index contributed by atoms with van der Waals surface area (Å²) in [5.41, 5.74) is 1.03. The van der Waals surface area contributed by atoms with Gasteiger partial charge in [-0.15, -0.1) is 13.2 Å². The molecule has 0 saturated carbocycles. The molecule has 5 heteroatoms. The van der Waals surface area contributed by atoms with Crippen LogP contribution >= 0.6 is 0 Å². The van der Waals surface area contributed by atoms with Gasteiger partial charge in [0.1, 0.15) is 5.75 Å². The molecule has 2 aromatic carbocycles. The number of alkyl halides is 3. The first-order chi connectivity index (χ1) is 8.94. The molecule has 0 unspecified atom stereocenters. The summed E-state index contributed by atoms with van der Waals surface area (Å²) < 4.78 is 46.0. The summed E-state index contributed by atoms with van der Waals surface area (Å²) >= 11 is 0. The molecule has 2 rings (SSSR count). The highest BCUT2D eigenvalue weighted by atomic mass is 19.4. The number of rotatable bonds is 3. The summed E-state index contributed by atoms with van der Waals surface area (Å²) in [6.07, 6.45) is -4.74. The van der Waals surface area contributed by atoms with Crippen molar-refractivity contribution in [2.24, 2.45) is 0 Å². The monoisotopic (exact) mass is 268 g/mol. The zero-order valence-corrected chi connectivity index (χ0v) is 10.1. The van der Waals surface area contributed by atoms with Gasteiger partial charge in [-0.25, -0.2) is 0 Å². The number of ether oxygens (including phenoxy) is 2. The largest absolute Gasteiger partial charge is 0.573 e. The topological polar surface area (TPSA) is 18.5 Å². The van der Waals surface area contributed by atoms with Crippen molar-refractivity contribution < 1.29 is 22.6 Å². The molecule has 100 valence electrons. The molecule has 0 bridgehead atoms. The normalized spacial score (nSPS) is 11.2. The van der Waals surface area contributed by atoms with E-state index in [1.807, 2.05) is 19.1 Å². The Kier molecular flexibility index (Phi) is 3.64. The molecule has 2 aromatic rings. The van der Waals surface area contributed by atoms with Crippen LogP contribution < -0.4 is 9.47 Å². The van der Waals surface area contributed by atoms with Crippen molar-refractivity contribution >= 4 is 0 Å². The molecule has 0 heterocycles. The van der Waals surface area contributed by atoms with E-state index < -0.39 is 6.36 Å². The van der Waals surface area contributed by atoms with Gasteiger partial charge in [-0.05, 0) is 31.2 Å². The highest BCUT2D eigenvalue weighted by Gasteiger charge is 2.32. The number of hydrogen-bond donors (Lipinski definition) is 0. The van der Waals surface area contributed by atoms with Crippen molar-refractivity contribution in [3.05, 3.63) is 54.1 Å². The minimum Gasteiger partial charge on any atom is -0.453 e. The summed E-state index contributed by atoms with van der Waals surface area (Å²) in [6.45, 7) is 1.91. The first-order valence-corrected chi connectivity index (χ1v) is 5.53. The molecule has 0 saturated heterocycles. The molecule has 0 aliphatic rings. The predicted molar refractivity (Wildman–Crippen MR) is 64.4 cm³/mol. The molecule has 0 N–H and O–H groups in total. The van der Waals surface area contributed by atoms with Crippen molar-refractivity contribution in [2.45, 2.75) is 13.3 Å². The smallest absolute Gasteiger partial charge is 0.453 e. The number of hydrogen-bond acceptors (Lipinski definition) is 2. The van der Waals surface area contributed by atoms with Crippen LogP contribution in [0.25, 0.3) is 0 Å². The summed E-state index contributed by atoms with van der Waals surface area (Å²) in [6, 6.07) is 12.6. The van der Waals surface area contributed by atoms with Gasteiger partial charge in [-0.2, -0.15) is 0 Å². The Hall–Kier alpha value is -2.17. The molecular weight excluding hydrogens is 257 g/mol. The third-order valence-corrected chi connectivity index (χ3v) is 2.32. The second-order valence-electron chi connectivity index (χ2n) is 3.91. The van der Waals surface area contributed by atoms with Crippen LogP contribution in [0, 0.1) is 6.92 Å². The molecule has 0 radical (unpaired) electrons. The van der Waals surface area contributed by atoms with Gasteiger partial charge in [-0.3, -0.25) is 0 Å². The Bertz CT molecular complexity index is 547. The average Bonchev–Trinajstić information content (AvgIpc) is 2.33. The van der Waals surface area contributed by atoms with E-state index in [4.69, 9.17) is 4.74 Å². The quantitative estimate of drug-likeness (QED) is 0.804. The van der Waals surface area contributed by atoms with Gasteiger partial charge in [0.05, 0.1) is 0 Å². The molecular formula is C14H11F3O2. The van der Waals surface area contributed by atoms with Gasteiger partial charge >= 0.3 is 6.36 Å². The maximum Gasteiger partial charge on any atom is 0.573 e. The lowest BCUT2D eigenvalue weighted by Crippen LogP contribution is -2.17. The van der Waals surface area contributed by atoms with Crippen LogP contribution in [0.2, 0.25) is 0 Å². The Labute approximate surface area is 108 Å². The van der Waals surface area contributed by atoms with Crippen molar-refractivity contribution in [1.82, 2.24) is 0 Å². The summed E-state index contributed by atoms with van der Waals surface area (Å²) in [4.78, 5) is 0. The molecule has 0 spiro atoms. The molecule has 0 atom stereocenters. The lowest BCUT2D eigenvalue weighted by molar-refractivity contribution is -0.275. The zero-order valence-electron chi connectivity index (χ0n) is 10.1. The summed E-state index contributed by atoms with van der Waals surface area (Å²) in [5.74, 6) is 0.100. The van der Waals surface area contributed by atoms with Gasteiger partial charge in [0, 0.05) is 0 Å². The van der Waals surface area contributed by atoms with E-state index in [-0.39, 0.29) is 11.5 Å². The van der Waals surface area contributed by atoms with Crippen LogP contribution in [0.3, 0.4) is 0 Å². The fourth-order valence-corrected chi connectivity index (χ4v) is 1.48. The van der Waals surface area contributed by atoms with Crippen molar-refractivity contribution in [3.63, 3.8) is 0 Å². The van der Waals surface area contributed by atoms with E-state index >= 15 is 0 Å². The predicted octanol–water partition coefficient (Wildman–Crippen LogP) is 4.69. The van der Waals surface area contributed by atoms with Gasteiger partial charge in [0.25, 0.3) is 0 Å². The molecule has 0 amide bonds. The van der Waals surface area contributed by atoms with Crippen LogP contribution in [0.1, 0.15) is 5.56 Å². The number of para-hydroxylation sites is 2. The molecule has 19 heavy (non-hydrogen) atoms. The molecule has 0 aliphatic carbocycles. The third-order valence-electron chi connectivity index (χ3n) is 2.32. The van der Waals surface area contributed by atoms with Crippen molar-refractivity contribution in [1.29, 1.82) is 0 Å². The minimum absolute atomic E-state index is 0.0173. The fourth-order valence-electron chi connectivity index (χ4n) is 1.48. The second-order valence-corrected chi connectivity index (χ2v) is 3.91. The van der Waals surface area contributed by atoms with Gasteiger partial charge in [0.2, 0.25) is 0 Å². The lowest BCUT2D eigenvalue weighted by atomic mass is 10.2. The number of aryl methyl sites for hydroxylation is 1. The van der Waals surface area contributed by atoms with E-state index in [1.54, 1.807) is 18.2 Å².